The van der Waals surface area contributed by atoms with Crippen LogP contribution in [0.1, 0.15) is 365 Å². The first kappa shape index (κ1) is 80.8. The number of rotatable bonds is 52. The Morgan fingerprint density at radius 1 is 0.506 bits per heavy atom. The van der Waals surface area contributed by atoms with Crippen molar-refractivity contribution in [1.29, 1.82) is 0 Å². The highest BCUT2D eigenvalue weighted by Gasteiger charge is 2.32. The third-order valence-electron chi connectivity index (χ3n) is 17.2. The second kappa shape index (κ2) is 55.8. The van der Waals surface area contributed by atoms with Crippen molar-refractivity contribution in [3.05, 3.63) is 33.9 Å². The van der Waals surface area contributed by atoms with Gasteiger partial charge in [-0.15, -0.1) is 0 Å². The molecule has 504 valence electrons. The number of anilines is 1. The Labute approximate surface area is 528 Å². The number of benzene rings is 1. The number of halogens is 1. The smallest absolute Gasteiger partial charge is 0.341 e. The maximum absolute atomic E-state index is 15.1. The maximum Gasteiger partial charge on any atom is 0.341 e. The van der Waals surface area contributed by atoms with Gasteiger partial charge in [-0.2, -0.15) is 0 Å². The average Bonchev–Trinajstić information content (AvgIpc) is 1.66. The number of ether oxygens (including phenoxy) is 1. The summed E-state index contributed by atoms with van der Waals surface area (Å²) in [6, 6.07) is 1.45. The Hall–Kier alpha value is -4.20. The summed E-state index contributed by atoms with van der Waals surface area (Å²) in [6.45, 7) is 10.8. The van der Waals surface area contributed by atoms with E-state index in [1.54, 1.807) is 4.57 Å². The normalized spacial score (nSPS) is 13.7. The molecule has 1 aromatic heterocycles. The fourth-order valence-corrected chi connectivity index (χ4v) is 11.8. The predicted molar refractivity (Wildman–Crippen MR) is 361 cm³/mol. The fraction of sp³-hybridized carbons (Fsp3) is 0.822. The van der Waals surface area contributed by atoms with Crippen LogP contribution < -0.4 is 20.4 Å². The third-order valence-corrected chi connectivity index (χ3v) is 17.2. The van der Waals surface area contributed by atoms with Gasteiger partial charge in [0.05, 0.1) is 18.0 Å². The number of aromatic carboxylic acids is 1. The van der Waals surface area contributed by atoms with Gasteiger partial charge in [0.2, 0.25) is 5.43 Å². The topological polar surface area (TPSA) is 196 Å². The number of methoxy groups -OCH3 is 1. The van der Waals surface area contributed by atoms with Gasteiger partial charge in [0.15, 0.2) is 11.6 Å². The Morgan fingerprint density at radius 3 is 1.06 bits per heavy atom. The minimum atomic E-state index is -1.31. The highest BCUT2D eigenvalue weighted by Crippen LogP contribution is 2.44. The second-order valence-electron chi connectivity index (χ2n) is 25.5. The van der Waals surface area contributed by atoms with Crippen molar-refractivity contribution in [1.82, 2.24) is 9.88 Å². The van der Waals surface area contributed by atoms with E-state index in [1.807, 2.05) is 11.8 Å². The molecule has 87 heavy (non-hydrogen) atoms. The van der Waals surface area contributed by atoms with Crippen LogP contribution >= 0.6 is 0 Å². The average molecular weight is 1230 g/mol. The van der Waals surface area contributed by atoms with Gasteiger partial charge in [-0.3, -0.25) is 19.2 Å². The minimum Gasteiger partial charge on any atom is -0.492 e. The van der Waals surface area contributed by atoms with Crippen LogP contribution in [0, 0.1) is 5.82 Å². The van der Waals surface area contributed by atoms with E-state index in [0.29, 0.717) is 49.3 Å². The molecular weight excluding hydrogens is 1100 g/mol. The number of unbranched alkanes of at least 4 members (excludes halogenated alkanes) is 42. The minimum absolute atomic E-state index is 0.0445. The largest absolute Gasteiger partial charge is 0.492 e. The maximum atomic E-state index is 15.1. The molecule has 1 aromatic carbocycles. The van der Waals surface area contributed by atoms with Crippen LogP contribution in [0.15, 0.2) is 17.1 Å². The molecule has 2 aromatic rings. The lowest BCUT2D eigenvalue weighted by Crippen LogP contribution is -2.49. The quantitative estimate of drug-likeness (QED) is 0.0394. The van der Waals surface area contributed by atoms with Crippen LogP contribution in [0.2, 0.25) is 0 Å². The van der Waals surface area contributed by atoms with Gasteiger partial charge in [0.1, 0.15) is 11.3 Å². The van der Waals surface area contributed by atoms with Gasteiger partial charge in [0.25, 0.3) is 0 Å². The van der Waals surface area contributed by atoms with Gasteiger partial charge in [-0.25, -0.2) is 9.18 Å². The summed E-state index contributed by atoms with van der Waals surface area (Å²) >= 11 is 0. The molecule has 4 rings (SSSR count). The summed E-state index contributed by atoms with van der Waals surface area (Å²) in [7, 11) is 1.45. The number of pyridine rings is 1. The van der Waals surface area contributed by atoms with Gasteiger partial charge in [-0.1, -0.05) is 290 Å². The molecule has 5 N–H and O–H groups in total. The number of aliphatic carboxylic acids is 3. The monoisotopic (exact) mass is 1230 g/mol. The number of carbonyl (C=O) groups is 4. The molecule has 1 saturated heterocycles. The molecule has 2 aliphatic rings. The SMILES string of the molecule is CCCCCCCCCCCCCCCCCC(=O)O.CCCCCCCCCCCCCCCCCC(=O)O.CCCCCCCCCCCCCCCCCC(=O)O.COc1c(N2CCNC(C)C2)c(F)cc2c(=O)c(C(=O)O)cn(C3CC3)c12. The first-order valence-corrected chi connectivity index (χ1v) is 36.1. The molecule has 2 heterocycles. The van der Waals surface area contributed by atoms with E-state index in [0.717, 1.165) is 64.0 Å². The lowest BCUT2D eigenvalue weighted by Gasteiger charge is -2.35. The zero-order valence-corrected chi connectivity index (χ0v) is 56.3. The molecule has 1 unspecified atom stereocenters. The third kappa shape index (κ3) is 43.2. The van der Waals surface area contributed by atoms with Crippen molar-refractivity contribution in [3.8, 4) is 5.75 Å². The van der Waals surface area contributed by atoms with E-state index in [-0.39, 0.29) is 23.0 Å². The van der Waals surface area contributed by atoms with Gasteiger partial charge >= 0.3 is 23.9 Å². The number of fused-ring (bicyclic) bond motifs is 1. The molecule has 1 saturated carbocycles. The number of carboxylic acids is 4. The van der Waals surface area contributed by atoms with Crippen molar-refractivity contribution in [3.63, 3.8) is 0 Å². The number of aromatic nitrogens is 1. The Bertz CT molecular complexity index is 1990. The number of nitrogens with one attached hydrogen (secondary N) is 1. The zero-order valence-electron chi connectivity index (χ0n) is 56.3. The molecule has 14 heteroatoms. The molecule has 0 bridgehead atoms. The first-order chi connectivity index (χ1) is 42.2. The van der Waals surface area contributed by atoms with E-state index in [1.165, 1.54) is 264 Å². The summed E-state index contributed by atoms with van der Waals surface area (Å²) in [4.78, 5) is 57.1. The van der Waals surface area contributed by atoms with Crippen molar-refractivity contribution in [2.45, 2.75) is 361 Å². The second-order valence-corrected chi connectivity index (χ2v) is 25.5. The van der Waals surface area contributed by atoms with E-state index in [4.69, 9.17) is 20.1 Å². The predicted octanol–water partition coefficient (Wildman–Crippen LogP) is 21.0. The fourth-order valence-electron chi connectivity index (χ4n) is 11.8. The van der Waals surface area contributed by atoms with Gasteiger partial charge in [0, 0.05) is 57.2 Å². The molecule has 1 aliphatic heterocycles. The molecule has 13 nitrogen and oxygen atoms in total. The lowest BCUT2D eigenvalue weighted by molar-refractivity contribution is -0.138. The van der Waals surface area contributed by atoms with Crippen LogP contribution in [0.5, 0.6) is 5.75 Å². The summed E-state index contributed by atoms with van der Waals surface area (Å²) in [6.07, 6.45) is 63.7. The summed E-state index contributed by atoms with van der Waals surface area (Å²) in [5.74, 6) is -3.55. The molecular formula is C73H130FN3O10. The molecule has 1 atom stereocenters. The first-order valence-electron chi connectivity index (χ1n) is 36.1. The summed E-state index contributed by atoms with van der Waals surface area (Å²) in [5, 5.41) is 38.3. The lowest BCUT2D eigenvalue weighted by atomic mass is 10.0. The van der Waals surface area contributed by atoms with Crippen LogP contribution in [-0.4, -0.2) is 81.7 Å². The molecule has 2 fully saturated rings. The van der Waals surface area contributed by atoms with Crippen molar-refractivity contribution in [2.24, 2.45) is 0 Å². The summed E-state index contributed by atoms with van der Waals surface area (Å²) < 4.78 is 22.5. The van der Waals surface area contributed by atoms with Crippen molar-refractivity contribution < 1.29 is 48.7 Å². The standard InChI is InChI=1S/C19H22FN3O4.3C18H36O2/c1-10-8-22(6-5-21-10)16-14(20)7-12-15(18(16)27-2)23(11-3-4-11)9-13(17(12)24)19(25)26;3*1-2-3-4-5-6-7-8-9-10-11-12-13-14-15-16-17-18(19)20/h7,9-11,21H,3-6,8H2,1-2H3,(H,25,26);3*2-17H2,1H3,(H,19,20). The highest BCUT2D eigenvalue weighted by molar-refractivity contribution is 5.97. The van der Waals surface area contributed by atoms with E-state index >= 15 is 4.39 Å². The van der Waals surface area contributed by atoms with Crippen LogP contribution in [-0.2, 0) is 14.4 Å². The van der Waals surface area contributed by atoms with Crippen molar-refractivity contribution >= 4 is 40.5 Å². The van der Waals surface area contributed by atoms with Gasteiger partial charge < -0.3 is 39.9 Å². The number of hydrogen-bond donors (Lipinski definition) is 5. The molecule has 1 aliphatic carbocycles. The number of piperazine rings is 1. The molecule has 0 radical (unpaired) electrons. The molecule has 0 amide bonds. The summed E-state index contributed by atoms with van der Waals surface area (Å²) in [5.41, 5.74) is -0.237. The zero-order chi connectivity index (χ0) is 64.0. The Morgan fingerprint density at radius 2 is 0.805 bits per heavy atom. The number of carboxylic acid groups (broad SMARTS) is 4. The van der Waals surface area contributed by atoms with Gasteiger partial charge in [-0.05, 0) is 45.1 Å². The van der Waals surface area contributed by atoms with E-state index in [2.05, 4.69) is 26.1 Å². The Balaban J connectivity index is 0.000000588. The number of nitrogens with zero attached hydrogens (tertiary/aromatic N) is 2. The van der Waals surface area contributed by atoms with E-state index in [9.17, 15) is 29.1 Å². The van der Waals surface area contributed by atoms with Crippen LogP contribution in [0.3, 0.4) is 0 Å². The van der Waals surface area contributed by atoms with Crippen LogP contribution in [0.25, 0.3) is 10.9 Å². The Kier molecular flexibility index (Phi) is 51.9. The van der Waals surface area contributed by atoms with Crippen molar-refractivity contribution in [2.75, 3.05) is 31.6 Å². The number of hydrogen-bond acceptors (Lipinski definition) is 8. The molecule has 0 spiro atoms. The van der Waals surface area contributed by atoms with E-state index < -0.39 is 35.1 Å². The van der Waals surface area contributed by atoms with Crippen LogP contribution in [0.4, 0.5) is 10.1 Å². The highest BCUT2D eigenvalue weighted by atomic mass is 19.1.